The number of rotatable bonds is 4. The molecule has 0 amide bonds. The molecule has 0 saturated carbocycles. The van der Waals surface area contributed by atoms with Crippen LogP contribution in [0.15, 0.2) is 24.3 Å². The van der Waals surface area contributed by atoms with E-state index in [2.05, 4.69) is 0 Å². The molecule has 0 aliphatic heterocycles. The molecule has 82 valence electrons. The summed E-state index contributed by atoms with van der Waals surface area (Å²) < 4.78 is 10.6. The van der Waals surface area contributed by atoms with Crippen LogP contribution in [0.3, 0.4) is 0 Å². The van der Waals surface area contributed by atoms with Crippen molar-refractivity contribution in [3.8, 4) is 5.75 Å². The summed E-state index contributed by atoms with van der Waals surface area (Å²) in [6, 6.07) is 7.36. The van der Waals surface area contributed by atoms with Crippen molar-refractivity contribution in [1.29, 1.82) is 5.41 Å². The highest BCUT2D eigenvalue weighted by Gasteiger charge is 2.02. The maximum absolute atomic E-state index is 7.58. The van der Waals surface area contributed by atoms with Gasteiger partial charge in [0.15, 0.2) is 0 Å². The standard InChI is InChI=1S/C12H17NO2/c1-4-14-12(13)10-5-7-11(8-6-10)15-9(2)3/h5-9,13H,4H2,1-3H3. The minimum absolute atomic E-state index is 0.169. The third-order valence-corrected chi connectivity index (χ3v) is 1.78. The zero-order valence-corrected chi connectivity index (χ0v) is 9.41. The van der Waals surface area contributed by atoms with E-state index in [9.17, 15) is 0 Å². The van der Waals surface area contributed by atoms with Gasteiger partial charge >= 0.3 is 0 Å². The Morgan fingerprint density at radius 3 is 2.33 bits per heavy atom. The van der Waals surface area contributed by atoms with Crippen LogP contribution in [0.2, 0.25) is 0 Å². The molecule has 0 bridgehead atoms. The molecular weight excluding hydrogens is 190 g/mol. The van der Waals surface area contributed by atoms with Crippen LogP contribution in [-0.4, -0.2) is 18.6 Å². The molecule has 1 rings (SSSR count). The Morgan fingerprint density at radius 1 is 1.27 bits per heavy atom. The predicted molar refractivity (Wildman–Crippen MR) is 60.7 cm³/mol. The van der Waals surface area contributed by atoms with Crippen molar-refractivity contribution in [3.05, 3.63) is 29.8 Å². The molecule has 0 unspecified atom stereocenters. The van der Waals surface area contributed by atoms with Crippen molar-refractivity contribution < 1.29 is 9.47 Å². The van der Waals surface area contributed by atoms with Gasteiger partial charge in [0.05, 0.1) is 12.7 Å². The first-order valence-corrected chi connectivity index (χ1v) is 5.12. The number of benzene rings is 1. The summed E-state index contributed by atoms with van der Waals surface area (Å²) in [5, 5.41) is 7.58. The molecule has 0 aromatic heterocycles. The maximum Gasteiger partial charge on any atom is 0.213 e. The second kappa shape index (κ2) is 5.39. The quantitative estimate of drug-likeness (QED) is 0.609. The summed E-state index contributed by atoms with van der Waals surface area (Å²) in [7, 11) is 0. The van der Waals surface area contributed by atoms with E-state index in [-0.39, 0.29) is 12.0 Å². The van der Waals surface area contributed by atoms with Crippen LogP contribution in [0.5, 0.6) is 5.75 Å². The molecule has 1 aromatic rings. The second-order valence-corrected chi connectivity index (χ2v) is 3.45. The monoisotopic (exact) mass is 207 g/mol. The van der Waals surface area contributed by atoms with Crippen molar-refractivity contribution in [2.45, 2.75) is 26.9 Å². The van der Waals surface area contributed by atoms with E-state index >= 15 is 0 Å². The Balaban J connectivity index is 2.67. The molecule has 0 radical (unpaired) electrons. The average Bonchev–Trinajstić information content (AvgIpc) is 2.18. The van der Waals surface area contributed by atoms with Crippen LogP contribution in [0, 0.1) is 5.41 Å². The van der Waals surface area contributed by atoms with Crippen molar-refractivity contribution in [3.63, 3.8) is 0 Å². The highest BCUT2D eigenvalue weighted by atomic mass is 16.5. The summed E-state index contributed by atoms with van der Waals surface area (Å²) in [4.78, 5) is 0. The van der Waals surface area contributed by atoms with Crippen LogP contribution in [0.25, 0.3) is 0 Å². The lowest BCUT2D eigenvalue weighted by Gasteiger charge is -2.10. The van der Waals surface area contributed by atoms with Gasteiger partial charge in [0.25, 0.3) is 0 Å². The number of hydrogen-bond acceptors (Lipinski definition) is 3. The lowest BCUT2D eigenvalue weighted by molar-refractivity contribution is 0.242. The van der Waals surface area contributed by atoms with Gasteiger partial charge in [0.2, 0.25) is 5.90 Å². The van der Waals surface area contributed by atoms with Crippen LogP contribution < -0.4 is 4.74 Å². The maximum atomic E-state index is 7.58. The van der Waals surface area contributed by atoms with Crippen LogP contribution in [0.4, 0.5) is 0 Å². The average molecular weight is 207 g/mol. The fourth-order valence-electron chi connectivity index (χ4n) is 1.18. The minimum atomic E-state index is 0.169. The Morgan fingerprint density at radius 2 is 1.87 bits per heavy atom. The molecule has 1 aromatic carbocycles. The van der Waals surface area contributed by atoms with E-state index in [0.29, 0.717) is 6.61 Å². The lowest BCUT2D eigenvalue weighted by Crippen LogP contribution is -2.07. The minimum Gasteiger partial charge on any atom is -0.491 e. The van der Waals surface area contributed by atoms with Gasteiger partial charge in [-0.25, -0.2) is 0 Å². The summed E-state index contributed by atoms with van der Waals surface area (Å²) in [6.07, 6.45) is 0.169. The highest BCUT2D eigenvalue weighted by Crippen LogP contribution is 2.14. The number of hydrogen-bond donors (Lipinski definition) is 1. The zero-order chi connectivity index (χ0) is 11.3. The van der Waals surface area contributed by atoms with Gasteiger partial charge in [0.1, 0.15) is 5.75 Å². The molecule has 0 fully saturated rings. The zero-order valence-electron chi connectivity index (χ0n) is 9.41. The Labute approximate surface area is 90.5 Å². The van der Waals surface area contributed by atoms with Gasteiger partial charge in [-0.15, -0.1) is 0 Å². The Kier molecular flexibility index (Phi) is 4.16. The van der Waals surface area contributed by atoms with E-state index in [1.807, 2.05) is 45.0 Å². The van der Waals surface area contributed by atoms with Gasteiger partial charge in [-0.1, -0.05) is 0 Å². The van der Waals surface area contributed by atoms with Gasteiger partial charge < -0.3 is 9.47 Å². The summed E-state index contributed by atoms with van der Waals surface area (Å²) in [5.41, 5.74) is 0.771. The fraction of sp³-hybridized carbons (Fsp3) is 0.417. The third-order valence-electron chi connectivity index (χ3n) is 1.78. The van der Waals surface area contributed by atoms with Gasteiger partial charge in [-0.3, -0.25) is 5.41 Å². The Hall–Kier alpha value is -1.51. The van der Waals surface area contributed by atoms with Gasteiger partial charge in [-0.2, -0.15) is 0 Å². The number of nitrogens with one attached hydrogen (secondary N) is 1. The second-order valence-electron chi connectivity index (χ2n) is 3.45. The summed E-state index contributed by atoms with van der Waals surface area (Å²) in [6.45, 7) is 6.35. The molecule has 15 heavy (non-hydrogen) atoms. The molecule has 0 aliphatic carbocycles. The Bertz CT molecular complexity index is 317. The molecule has 0 aliphatic rings. The largest absolute Gasteiger partial charge is 0.491 e. The van der Waals surface area contributed by atoms with Gasteiger partial charge in [-0.05, 0) is 45.0 Å². The van der Waals surface area contributed by atoms with Crippen molar-refractivity contribution >= 4 is 5.90 Å². The van der Waals surface area contributed by atoms with Crippen molar-refractivity contribution in [2.75, 3.05) is 6.61 Å². The smallest absolute Gasteiger partial charge is 0.213 e. The first-order valence-electron chi connectivity index (χ1n) is 5.12. The van der Waals surface area contributed by atoms with E-state index < -0.39 is 0 Å². The fourth-order valence-corrected chi connectivity index (χ4v) is 1.18. The van der Waals surface area contributed by atoms with Gasteiger partial charge in [0, 0.05) is 5.56 Å². The van der Waals surface area contributed by atoms with E-state index in [1.165, 1.54) is 0 Å². The van der Waals surface area contributed by atoms with E-state index in [4.69, 9.17) is 14.9 Å². The molecule has 3 nitrogen and oxygen atoms in total. The third kappa shape index (κ3) is 3.62. The van der Waals surface area contributed by atoms with E-state index in [0.717, 1.165) is 11.3 Å². The molecule has 0 spiro atoms. The predicted octanol–water partition coefficient (Wildman–Crippen LogP) is 2.84. The SMILES string of the molecule is CCOC(=N)c1ccc(OC(C)C)cc1. The summed E-state index contributed by atoms with van der Waals surface area (Å²) >= 11 is 0. The molecular formula is C12H17NO2. The van der Waals surface area contributed by atoms with Crippen LogP contribution >= 0.6 is 0 Å². The molecule has 0 heterocycles. The molecule has 0 saturated heterocycles. The normalized spacial score (nSPS) is 10.1. The molecule has 0 atom stereocenters. The number of ether oxygens (including phenoxy) is 2. The topological polar surface area (TPSA) is 42.3 Å². The first-order chi connectivity index (χ1) is 7.13. The van der Waals surface area contributed by atoms with Crippen molar-refractivity contribution in [2.24, 2.45) is 0 Å². The molecule has 1 N–H and O–H groups in total. The first kappa shape index (κ1) is 11.6. The van der Waals surface area contributed by atoms with E-state index in [1.54, 1.807) is 0 Å². The van der Waals surface area contributed by atoms with Crippen LogP contribution in [0.1, 0.15) is 26.3 Å². The molecule has 3 heteroatoms. The van der Waals surface area contributed by atoms with Crippen LogP contribution in [-0.2, 0) is 4.74 Å². The summed E-state index contributed by atoms with van der Waals surface area (Å²) in [5.74, 6) is 1.02. The highest BCUT2D eigenvalue weighted by molar-refractivity contribution is 5.91. The lowest BCUT2D eigenvalue weighted by atomic mass is 10.2. The van der Waals surface area contributed by atoms with Crippen molar-refractivity contribution in [1.82, 2.24) is 0 Å².